The largest absolute Gasteiger partial charge is 0.312 e. The minimum atomic E-state index is -0.430. The van der Waals surface area contributed by atoms with Gasteiger partial charge in [0.15, 0.2) is 0 Å². The van der Waals surface area contributed by atoms with Crippen LogP contribution in [0.3, 0.4) is 0 Å². The van der Waals surface area contributed by atoms with Gasteiger partial charge in [0.25, 0.3) is 11.8 Å². The Kier molecular flexibility index (Phi) is 6.37. The van der Waals surface area contributed by atoms with E-state index in [2.05, 4.69) is 5.32 Å². The SMILES string of the molecule is CC(C)/C(CCNCc1ccccc1)=C(/F)CN1C(=O)c2ccccc2C1=O. The van der Waals surface area contributed by atoms with Crippen LogP contribution in [-0.4, -0.2) is 29.8 Å². The van der Waals surface area contributed by atoms with Crippen molar-refractivity contribution in [2.45, 2.75) is 26.8 Å². The molecular weight excluding hydrogens is 355 g/mol. The van der Waals surface area contributed by atoms with Crippen molar-refractivity contribution >= 4 is 11.8 Å². The predicted octanol–water partition coefficient (Wildman–Crippen LogP) is 4.34. The van der Waals surface area contributed by atoms with Crippen LogP contribution in [0, 0.1) is 5.92 Å². The number of halogens is 1. The minimum Gasteiger partial charge on any atom is -0.312 e. The number of hydrogen-bond acceptors (Lipinski definition) is 3. The molecule has 1 aliphatic rings. The van der Waals surface area contributed by atoms with E-state index in [0.717, 1.165) is 4.90 Å². The molecule has 5 heteroatoms. The Hall–Kier alpha value is -2.79. The van der Waals surface area contributed by atoms with Crippen LogP contribution in [0.4, 0.5) is 4.39 Å². The summed E-state index contributed by atoms with van der Waals surface area (Å²) in [6.07, 6.45) is 0.527. The zero-order valence-corrected chi connectivity index (χ0v) is 16.2. The standard InChI is InChI=1S/C23H25FN2O2/c1-16(2)18(12-13-25-14-17-8-4-3-5-9-17)21(24)15-26-22(27)19-10-6-7-11-20(19)23(26)28/h3-11,16,25H,12-15H2,1-2H3/b21-18+. The van der Waals surface area contributed by atoms with E-state index in [1.54, 1.807) is 24.3 Å². The maximum absolute atomic E-state index is 15.0. The molecule has 2 amide bonds. The van der Waals surface area contributed by atoms with Crippen LogP contribution in [0.25, 0.3) is 0 Å². The summed E-state index contributed by atoms with van der Waals surface area (Å²) in [5, 5.41) is 3.32. The maximum atomic E-state index is 15.0. The molecular formula is C23H25FN2O2. The van der Waals surface area contributed by atoms with Crippen molar-refractivity contribution in [2.75, 3.05) is 13.1 Å². The lowest BCUT2D eigenvalue weighted by Gasteiger charge is -2.18. The molecule has 1 heterocycles. The molecule has 0 spiro atoms. The molecule has 0 fully saturated rings. The summed E-state index contributed by atoms with van der Waals surface area (Å²) in [5.74, 6) is -1.26. The topological polar surface area (TPSA) is 49.4 Å². The van der Waals surface area contributed by atoms with Crippen molar-refractivity contribution in [3.8, 4) is 0 Å². The smallest absolute Gasteiger partial charge is 0.261 e. The highest BCUT2D eigenvalue weighted by Crippen LogP contribution is 2.26. The van der Waals surface area contributed by atoms with E-state index in [4.69, 9.17) is 0 Å². The molecule has 146 valence electrons. The normalized spacial score (nSPS) is 14.5. The van der Waals surface area contributed by atoms with E-state index in [0.29, 0.717) is 36.2 Å². The second-order valence-electron chi connectivity index (χ2n) is 7.24. The Balaban J connectivity index is 1.64. The van der Waals surface area contributed by atoms with Gasteiger partial charge in [0.2, 0.25) is 0 Å². The van der Waals surface area contributed by atoms with Crippen LogP contribution in [0.2, 0.25) is 0 Å². The van der Waals surface area contributed by atoms with Gasteiger partial charge in [-0.05, 0) is 42.2 Å². The van der Waals surface area contributed by atoms with Crippen LogP contribution in [0.15, 0.2) is 66.0 Å². The molecule has 3 rings (SSSR count). The summed E-state index contributed by atoms with van der Waals surface area (Å²) in [6, 6.07) is 16.6. The number of rotatable bonds is 8. The molecule has 1 N–H and O–H groups in total. The first-order valence-corrected chi connectivity index (χ1v) is 9.56. The lowest BCUT2D eigenvalue weighted by Crippen LogP contribution is -2.31. The highest BCUT2D eigenvalue weighted by molar-refractivity contribution is 6.21. The maximum Gasteiger partial charge on any atom is 0.261 e. The summed E-state index contributed by atoms with van der Waals surface area (Å²) in [4.78, 5) is 25.9. The lowest BCUT2D eigenvalue weighted by atomic mass is 9.98. The zero-order valence-electron chi connectivity index (χ0n) is 16.2. The highest BCUT2D eigenvalue weighted by Gasteiger charge is 2.36. The van der Waals surface area contributed by atoms with Gasteiger partial charge in [-0.3, -0.25) is 14.5 Å². The van der Waals surface area contributed by atoms with Crippen molar-refractivity contribution in [1.29, 1.82) is 0 Å². The van der Waals surface area contributed by atoms with E-state index < -0.39 is 17.6 Å². The van der Waals surface area contributed by atoms with Gasteiger partial charge in [0.05, 0.1) is 17.7 Å². The van der Waals surface area contributed by atoms with Gasteiger partial charge in [-0.1, -0.05) is 56.3 Å². The summed E-state index contributed by atoms with van der Waals surface area (Å²) in [5.41, 5.74) is 2.49. The number of carbonyl (C=O) groups excluding carboxylic acids is 2. The van der Waals surface area contributed by atoms with Crippen LogP contribution in [-0.2, 0) is 6.54 Å². The predicted molar refractivity (Wildman–Crippen MR) is 108 cm³/mol. The van der Waals surface area contributed by atoms with E-state index in [-0.39, 0.29) is 12.5 Å². The quantitative estimate of drug-likeness (QED) is 0.547. The van der Waals surface area contributed by atoms with Crippen molar-refractivity contribution < 1.29 is 14.0 Å². The Morgan fingerprint density at radius 3 is 2.11 bits per heavy atom. The van der Waals surface area contributed by atoms with E-state index in [9.17, 15) is 14.0 Å². The third-order valence-electron chi connectivity index (χ3n) is 4.96. The molecule has 0 radical (unpaired) electrons. The van der Waals surface area contributed by atoms with Crippen molar-refractivity contribution in [2.24, 2.45) is 5.92 Å². The van der Waals surface area contributed by atoms with Gasteiger partial charge in [-0.2, -0.15) is 0 Å². The van der Waals surface area contributed by atoms with Gasteiger partial charge in [-0.25, -0.2) is 4.39 Å². The molecule has 1 aliphatic heterocycles. The van der Waals surface area contributed by atoms with Crippen molar-refractivity contribution in [3.63, 3.8) is 0 Å². The van der Waals surface area contributed by atoms with Gasteiger partial charge >= 0.3 is 0 Å². The first-order chi connectivity index (χ1) is 13.5. The highest BCUT2D eigenvalue weighted by atomic mass is 19.1. The Bertz CT molecular complexity index is 855. The minimum absolute atomic E-state index is 0.00583. The molecule has 28 heavy (non-hydrogen) atoms. The van der Waals surface area contributed by atoms with Gasteiger partial charge in [0, 0.05) is 6.54 Å². The third-order valence-corrected chi connectivity index (χ3v) is 4.96. The number of nitrogens with zero attached hydrogens (tertiary/aromatic N) is 1. The molecule has 0 saturated carbocycles. The van der Waals surface area contributed by atoms with Crippen LogP contribution in [0.1, 0.15) is 46.5 Å². The molecule has 0 aliphatic carbocycles. The number of nitrogens with one attached hydrogen (secondary N) is 1. The molecule has 0 unspecified atom stereocenters. The molecule has 2 aromatic carbocycles. The zero-order chi connectivity index (χ0) is 20.1. The molecule has 2 aromatic rings. The number of hydrogen-bond donors (Lipinski definition) is 1. The molecule has 0 saturated heterocycles. The fourth-order valence-electron chi connectivity index (χ4n) is 3.41. The van der Waals surface area contributed by atoms with Crippen molar-refractivity contribution in [3.05, 3.63) is 82.7 Å². The number of amides is 2. The van der Waals surface area contributed by atoms with Crippen LogP contribution in [0.5, 0.6) is 0 Å². The lowest BCUT2D eigenvalue weighted by molar-refractivity contribution is 0.0659. The second kappa shape index (κ2) is 8.93. The Morgan fingerprint density at radius 2 is 1.54 bits per heavy atom. The molecule has 0 atom stereocenters. The first kappa shape index (κ1) is 20.0. The summed E-state index contributed by atoms with van der Waals surface area (Å²) in [6.45, 7) is 4.88. The first-order valence-electron chi connectivity index (χ1n) is 9.56. The number of imide groups is 1. The summed E-state index contributed by atoms with van der Waals surface area (Å²) >= 11 is 0. The van der Waals surface area contributed by atoms with Gasteiger partial charge < -0.3 is 5.32 Å². The third kappa shape index (κ3) is 4.37. The van der Waals surface area contributed by atoms with E-state index in [1.165, 1.54) is 5.56 Å². The average Bonchev–Trinajstić information content (AvgIpc) is 2.93. The number of fused-ring (bicyclic) bond motifs is 1. The van der Waals surface area contributed by atoms with Gasteiger partial charge in [-0.15, -0.1) is 0 Å². The van der Waals surface area contributed by atoms with Crippen molar-refractivity contribution in [1.82, 2.24) is 10.2 Å². The second-order valence-corrected chi connectivity index (χ2v) is 7.24. The van der Waals surface area contributed by atoms with E-state index in [1.807, 2.05) is 44.2 Å². The average molecular weight is 380 g/mol. The Morgan fingerprint density at radius 1 is 0.964 bits per heavy atom. The van der Waals surface area contributed by atoms with Crippen LogP contribution >= 0.6 is 0 Å². The fourth-order valence-corrected chi connectivity index (χ4v) is 3.41. The van der Waals surface area contributed by atoms with Gasteiger partial charge in [0.1, 0.15) is 5.83 Å². The van der Waals surface area contributed by atoms with E-state index >= 15 is 0 Å². The molecule has 0 aromatic heterocycles. The summed E-state index contributed by atoms with van der Waals surface area (Å²) < 4.78 is 15.0. The molecule has 4 nitrogen and oxygen atoms in total. The monoisotopic (exact) mass is 380 g/mol. The number of benzene rings is 2. The van der Waals surface area contributed by atoms with Crippen LogP contribution < -0.4 is 5.32 Å². The summed E-state index contributed by atoms with van der Waals surface area (Å²) in [7, 11) is 0. The number of carbonyl (C=O) groups is 2. The Labute approximate surface area is 165 Å². The fraction of sp³-hybridized carbons (Fsp3) is 0.304. The molecule has 0 bridgehead atoms.